The zero-order valence-electron chi connectivity index (χ0n) is 8.38. The fourth-order valence-electron chi connectivity index (χ4n) is 0.837. The van der Waals surface area contributed by atoms with Gasteiger partial charge in [0.15, 0.2) is 0 Å². The summed E-state index contributed by atoms with van der Waals surface area (Å²) in [5.74, 6) is -0.194. The van der Waals surface area contributed by atoms with Crippen LogP contribution in [0.3, 0.4) is 0 Å². The van der Waals surface area contributed by atoms with Crippen molar-refractivity contribution in [2.45, 2.75) is 32.8 Å². The molecule has 78 valence electrons. The number of esters is 1. The van der Waals surface area contributed by atoms with Crippen LogP contribution in [0.1, 0.15) is 26.7 Å². The van der Waals surface area contributed by atoms with Crippen LogP contribution in [0.2, 0.25) is 0 Å². The molecule has 0 amide bonds. The van der Waals surface area contributed by atoms with E-state index in [0.29, 0.717) is 26.1 Å². The minimum Gasteiger partial charge on any atom is -0.466 e. The topological polar surface area (TPSA) is 58.6 Å². The Kier molecular flexibility index (Phi) is 7.63. The van der Waals surface area contributed by atoms with Crippen LogP contribution < -0.4 is 5.32 Å². The quantitative estimate of drug-likeness (QED) is 0.447. The molecule has 4 nitrogen and oxygen atoms in total. The standard InChI is InChI=1S/C9H19NO3/c1-3-8(11)7-10-6-5-9(12)13-4-2/h8,10-11H,3-7H2,1-2H3. The molecule has 0 aromatic carbocycles. The molecule has 0 radical (unpaired) electrons. The lowest BCUT2D eigenvalue weighted by molar-refractivity contribution is -0.143. The van der Waals surface area contributed by atoms with Gasteiger partial charge < -0.3 is 15.2 Å². The molecule has 1 unspecified atom stereocenters. The molecule has 0 aliphatic carbocycles. The molecular formula is C9H19NO3. The first-order chi connectivity index (χ1) is 6.20. The SMILES string of the molecule is CCOC(=O)CCNCC(O)CC. The van der Waals surface area contributed by atoms with E-state index in [1.165, 1.54) is 0 Å². The van der Waals surface area contributed by atoms with E-state index in [1.54, 1.807) is 6.92 Å². The van der Waals surface area contributed by atoms with Crippen LogP contribution in [0, 0.1) is 0 Å². The molecular weight excluding hydrogens is 170 g/mol. The highest BCUT2D eigenvalue weighted by atomic mass is 16.5. The molecule has 0 aliphatic rings. The molecule has 0 rings (SSSR count). The largest absolute Gasteiger partial charge is 0.466 e. The van der Waals surface area contributed by atoms with Gasteiger partial charge in [0.05, 0.1) is 19.1 Å². The van der Waals surface area contributed by atoms with E-state index in [1.807, 2.05) is 6.92 Å². The maximum absolute atomic E-state index is 10.8. The Labute approximate surface area is 79.3 Å². The fourth-order valence-corrected chi connectivity index (χ4v) is 0.837. The molecule has 0 spiro atoms. The van der Waals surface area contributed by atoms with Crippen LogP contribution in [-0.4, -0.2) is 36.9 Å². The third-order valence-corrected chi connectivity index (χ3v) is 1.66. The summed E-state index contributed by atoms with van der Waals surface area (Å²) in [6.07, 6.45) is 0.777. The molecule has 0 heterocycles. The predicted octanol–water partition coefficient (Wildman–Crippen LogP) is 0.300. The van der Waals surface area contributed by atoms with Crippen molar-refractivity contribution in [1.82, 2.24) is 5.32 Å². The van der Waals surface area contributed by atoms with Crippen LogP contribution in [0.25, 0.3) is 0 Å². The van der Waals surface area contributed by atoms with Gasteiger partial charge in [0.25, 0.3) is 0 Å². The van der Waals surface area contributed by atoms with Crippen molar-refractivity contribution >= 4 is 5.97 Å². The molecule has 1 atom stereocenters. The second kappa shape index (κ2) is 8.01. The van der Waals surface area contributed by atoms with Crippen molar-refractivity contribution < 1.29 is 14.6 Å². The Morgan fingerprint density at radius 2 is 2.23 bits per heavy atom. The van der Waals surface area contributed by atoms with Crippen LogP contribution >= 0.6 is 0 Å². The van der Waals surface area contributed by atoms with E-state index in [4.69, 9.17) is 9.84 Å². The Hall–Kier alpha value is -0.610. The average Bonchev–Trinajstić information content (AvgIpc) is 2.12. The van der Waals surface area contributed by atoms with Gasteiger partial charge in [0.1, 0.15) is 0 Å². The Morgan fingerprint density at radius 3 is 2.77 bits per heavy atom. The number of aliphatic hydroxyl groups is 1. The molecule has 0 aromatic heterocycles. The van der Waals surface area contributed by atoms with Crippen molar-refractivity contribution in [2.75, 3.05) is 19.7 Å². The number of rotatable bonds is 7. The monoisotopic (exact) mass is 189 g/mol. The molecule has 0 saturated carbocycles. The first-order valence-electron chi connectivity index (χ1n) is 4.75. The first-order valence-corrected chi connectivity index (χ1v) is 4.75. The molecule has 0 bridgehead atoms. The summed E-state index contributed by atoms with van der Waals surface area (Å²) < 4.78 is 4.73. The Morgan fingerprint density at radius 1 is 1.54 bits per heavy atom. The fraction of sp³-hybridized carbons (Fsp3) is 0.889. The number of carbonyl (C=O) groups excluding carboxylic acids is 1. The normalized spacial score (nSPS) is 12.5. The number of nitrogens with one attached hydrogen (secondary N) is 1. The lowest BCUT2D eigenvalue weighted by Gasteiger charge is -2.08. The number of hydrogen-bond acceptors (Lipinski definition) is 4. The lowest BCUT2D eigenvalue weighted by atomic mass is 10.3. The Balaban J connectivity index is 3.20. The highest BCUT2D eigenvalue weighted by Gasteiger charge is 2.02. The summed E-state index contributed by atoms with van der Waals surface area (Å²) in [6, 6.07) is 0. The molecule has 0 saturated heterocycles. The molecule has 13 heavy (non-hydrogen) atoms. The predicted molar refractivity (Wildman–Crippen MR) is 50.4 cm³/mol. The summed E-state index contributed by atoms with van der Waals surface area (Å²) in [4.78, 5) is 10.8. The summed E-state index contributed by atoms with van der Waals surface area (Å²) >= 11 is 0. The second-order valence-electron chi connectivity index (χ2n) is 2.82. The van der Waals surface area contributed by atoms with Crippen molar-refractivity contribution in [3.63, 3.8) is 0 Å². The van der Waals surface area contributed by atoms with Crippen LogP contribution in [0.5, 0.6) is 0 Å². The van der Waals surface area contributed by atoms with Gasteiger partial charge in [-0.3, -0.25) is 4.79 Å². The molecule has 0 aliphatic heterocycles. The smallest absolute Gasteiger partial charge is 0.307 e. The summed E-state index contributed by atoms with van der Waals surface area (Å²) in [6.45, 7) is 5.23. The molecule has 0 aromatic rings. The van der Waals surface area contributed by atoms with E-state index in [2.05, 4.69) is 5.32 Å². The van der Waals surface area contributed by atoms with E-state index in [0.717, 1.165) is 6.42 Å². The third-order valence-electron chi connectivity index (χ3n) is 1.66. The van der Waals surface area contributed by atoms with Gasteiger partial charge in [0.2, 0.25) is 0 Å². The van der Waals surface area contributed by atoms with Gasteiger partial charge in [-0.15, -0.1) is 0 Å². The third kappa shape index (κ3) is 7.74. The van der Waals surface area contributed by atoms with E-state index >= 15 is 0 Å². The highest BCUT2D eigenvalue weighted by molar-refractivity contribution is 5.69. The van der Waals surface area contributed by atoms with Crippen molar-refractivity contribution in [2.24, 2.45) is 0 Å². The van der Waals surface area contributed by atoms with Crippen molar-refractivity contribution in [3.05, 3.63) is 0 Å². The zero-order chi connectivity index (χ0) is 10.1. The number of carbonyl (C=O) groups is 1. The number of ether oxygens (including phenoxy) is 1. The summed E-state index contributed by atoms with van der Waals surface area (Å²) in [5, 5.41) is 12.1. The first kappa shape index (κ1) is 12.4. The van der Waals surface area contributed by atoms with Crippen LogP contribution in [0.4, 0.5) is 0 Å². The highest BCUT2D eigenvalue weighted by Crippen LogP contribution is 1.88. The van der Waals surface area contributed by atoms with Gasteiger partial charge in [-0.1, -0.05) is 6.92 Å². The Bertz CT molecular complexity index is 139. The van der Waals surface area contributed by atoms with Crippen LogP contribution in [-0.2, 0) is 9.53 Å². The number of aliphatic hydroxyl groups excluding tert-OH is 1. The van der Waals surface area contributed by atoms with E-state index in [-0.39, 0.29) is 12.1 Å². The zero-order valence-corrected chi connectivity index (χ0v) is 8.38. The summed E-state index contributed by atoms with van der Waals surface area (Å²) in [7, 11) is 0. The maximum atomic E-state index is 10.8. The summed E-state index contributed by atoms with van der Waals surface area (Å²) in [5.41, 5.74) is 0. The maximum Gasteiger partial charge on any atom is 0.307 e. The van der Waals surface area contributed by atoms with E-state index in [9.17, 15) is 4.79 Å². The minimum absolute atomic E-state index is 0.194. The lowest BCUT2D eigenvalue weighted by Crippen LogP contribution is -2.28. The molecule has 0 fully saturated rings. The average molecular weight is 189 g/mol. The van der Waals surface area contributed by atoms with Crippen LogP contribution in [0.15, 0.2) is 0 Å². The van der Waals surface area contributed by atoms with Gasteiger partial charge in [-0.05, 0) is 13.3 Å². The number of hydrogen-bond donors (Lipinski definition) is 2. The van der Waals surface area contributed by atoms with Crippen molar-refractivity contribution in [1.29, 1.82) is 0 Å². The minimum atomic E-state index is -0.317. The van der Waals surface area contributed by atoms with Gasteiger partial charge in [0, 0.05) is 13.1 Å². The molecule has 2 N–H and O–H groups in total. The van der Waals surface area contributed by atoms with Crippen molar-refractivity contribution in [3.8, 4) is 0 Å². The molecule has 4 heteroatoms. The second-order valence-corrected chi connectivity index (χ2v) is 2.82. The van der Waals surface area contributed by atoms with Gasteiger partial charge >= 0.3 is 5.97 Å². The van der Waals surface area contributed by atoms with Gasteiger partial charge in [-0.2, -0.15) is 0 Å². The van der Waals surface area contributed by atoms with Gasteiger partial charge in [-0.25, -0.2) is 0 Å². The van der Waals surface area contributed by atoms with E-state index < -0.39 is 0 Å².